The predicted molar refractivity (Wildman–Crippen MR) is 264 cm³/mol. The third-order valence-electron chi connectivity index (χ3n) is 13.0. The van der Waals surface area contributed by atoms with Crippen LogP contribution in [-0.2, 0) is 0 Å². The van der Waals surface area contributed by atoms with Crippen molar-refractivity contribution in [3.63, 3.8) is 0 Å². The van der Waals surface area contributed by atoms with Gasteiger partial charge in [-0.1, -0.05) is 212 Å². The topological polar surface area (TPSA) is 9.23 Å². The van der Waals surface area contributed by atoms with Crippen LogP contribution in [0.1, 0.15) is 28.7 Å². The van der Waals surface area contributed by atoms with Crippen LogP contribution in [0.25, 0.3) is 88.0 Å². The quantitative estimate of drug-likeness (QED) is 0.146. The van der Waals surface area contributed by atoms with Crippen LogP contribution in [0.3, 0.4) is 0 Å². The van der Waals surface area contributed by atoms with Crippen molar-refractivity contribution in [2.45, 2.75) is 12.0 Å². The highest BCUT2D eigenvalue weighted by atomic mass is 16.5. The number of hydrogen-bond acceptors (Lipinski definition) is 1. The molecule has 0 saturated heterocycles. The fourth-order valence-corrected chi connectivity index (χ4v) is 10.0. The molecule has 0 aliphatic carbocycles. The zero-order valence-corrected chi connectivity index (χ0v) is 34.7. The van der Waals surface area contributed by atoms with Gasteiger partial charge in [0.25, 0.3) is 0 Å². The van der Waals surface area contributed by atoms with E-state index in [9.17, 15) is 0 Å². The molecule has 1 aliphatic rings. The molecule has 0 N–H and O–H groups in total. The van der Waals surface area contributed by atoms with E-state index in [0.717, 1.165) is 16.9 Å². The highest BCUT2D eigenvalue weighted by molar-refractivity contribution is 6.22. The van der Waals surface area contributed by atoms with Gasteiger partial charge in [0.15, 0.2) is 0 Å². The number of rotatable bonds is 7. The highest BCUT2D eigenvalue weighted by Crippen LogP contribution is 2.51. The monoisotopic (exact) mass is 802 g/mol. The van der Waals surface area contributed by atoms with Crippen molar-refractivity contribution in [2.75, 3.05) is 0 Å². The predicted octanol–water partition coefficient (Wildman–Crippen LogP) is 16.7. The van der Waals surface area contributed by atoms with Crippen molar-refractivity contribution in [1.29, 1.82) is 0 Å². The summed E-state index contributed by atoms with van der Waals surface area (Å²) >= 11 is 0. The van der Waals surface area contributed by atoms with E-state index in [1.54, 1.807) is 0 Å². The summed E-state index contributed by atoms with van der Waals surface area (Å²) in [5.41, 5.74) is 15.6. The fraction of sp³-hybridized carbons (Fsp3) is 0.0323. The zero-order valence-electron chi connectivity index (χ0n) is 34.7. The summed E-state index contributed by atoms with van der Waals surface area (Å²) in [6.45, 7) is 0. The van der Waals surface area contributed by atoms with Crippen molar-refractivity contribution in [3.8, 4) is 61.4 Å². The van der Waals surface area contributed by atoms with Crippen molar-refractivity contribution in [3.05, 3.63) is 259 Å². The molecule has 296 valence electrons. The molecule has 1 nitrogen and oxygen atoms in total. The molecule has 2 unspecified atom stereocenters. The molecule has 0 aromatic heterocycles. The van der Waals surface area contributed by atoms with Crippen molar-refractivity contribution < 1.29 is 4.74 Å². The maximum absolute atomic E-state index is 6.92. The van der Waals surface area contributed by atoms with E-state index in [-0.39, 0.29) is 12.0 Å². The van der Waals surface area contributed by atoms with Crippen LogP contribution in [0.4, 0.5) is 0 Å². The SMILES string of the molecule is c1ccc(-c2ccc3c(-c4cccc(-c5ccc6ccccc6c5)c4)c4ccccc4c(-c4cccc(-c5ccc6c(c5)OC(c5ccccc5)C6c5ccccc5)c4)c3c2)cc1. The largest absolute Gasteiger partial charge is 0.484 e. The second kappa shape index (κ2) is 15.5. The van der Waals surface area contributed by atoms with E-state index in [1.807, 2.05) is 0 Å². The van der Waals surface area contributed by atoms with Crippen LogP contribution in [0, 0.1) is 0 Å². The second-order valence-corrected chi connectivity index (χ2v) is 16.7. The highest BCUT2D eigenvalue weighted by Gasteiger charge is 2.36. The Labute approximate surface area is 368 Å². The first-order valence-electron chi connectivity index (χ1n) is 21.9. The summed E-state index contributed by atoms with van der Waals surface area (Å²) in [6, 6.07) is 88.6. The van der Waals surface area contributed by atoms with Gasteiger partial charge in [-0.2, -0.15) is 0 Å². The lowest BCUT2D eigenvalue weighted by atomic mass is 9.83. The Balaban J connectivity index is 1.02. The summed E-state index contributed by atoms with van der Waals surface area (Å²) in [5.74, 6) is 1.05. The fourth-order valence-electron chi connectivity index (χ4n) is 10.0. The second-order valence-electron chi connectivity index (χ2n) is 16.7. The minimum absolute atomic E-state index is 0.103. The summed E-state index contributed by atoms with van der Waals surface area (Å²) in [6.07, 6.45) is -0.103. The van der Waals surface area contributed by atoms with Crippen LogP contribution in [0.2, 0.25) is 0 Å². The molecular formula is C62H42O. The van der Waals surface area contributed by atoms with E-state index in [2.05, 4.69) is 243 Å². The molecule has 2 atom stereocenters. The van der Waals surface area contributed by atoms with Crippen molar-refractivity contribution in [2.24, 2.45) is 0 Å². The third kappa shape index (κ3) is 6.58. The molecule has 0 radical (unpaired) electrons. The maximum Gasteiger partial charge on any atom is 0.135 e. The Bertz CT molecular complexity index is 3480. The lowest BCUT2D eigenvalue weighted by molar-refractivity contribution is 0.222. The first-order chi connectivity index (χ1) is 31.2. The summed E-state index contributed by atoms with van der Waals surface area (Å²) < 4.78 is 6.92. The molecule has 11 aromatic carbocycles. The minimum Gasteiger partial charge on any atom is -0.484 e. The van der Waals surface area contributed by atoms with Crippen LogP contribution in [-0.4, -0.2) is 0 Å². The van der Waals surface area contributed by atoms with Gasteiger partial charge in [0.2, 0.25) is 0 Å². The van der Waals surface area contributed by atoms with E-state index < -0.39 is 0 Å². The molecule has 1 heterocycles. The average molecular weight is 803 g/mol. The molecule has 63 heavy (non-hydrogen) atoms. The molecule has 0 fully saturated rings. The molecule has 0 saturated carbocycles. The van der Waals surface area contributed by atoms with Gasteiger partial charge < -0.3 is 4.74 Å². The Kier molecular flexibility index (Phi) is 9.04. The molecule has 0 spiro atoms. The van der Waals surface area contributed by atoms with Gasteiger partial charge in [0.1, 0.15) is 11.9 Å². The average Bonchev–Trinajstić information content (AvgIpc) is 3.75. The first-order valence-corrected chi connectivity index (χ1v) is 21.9. The minimum atomic E-state index is -0.103. The summed E-state index contributed by atoms with van der Waals surface area (Å²) in [4.78, 5) is 0. The Morgan fingerprint density at radius 2 is 0.746 bits per heavy atom. The van der Waals surface area contributed by atoms with Crippen LogP contribution in [0.15, 0.2) is 243 Å². The molecule has 12 rings (SSSR count). The standard InChI is InChI=1S/C62H42O/c1-4-16-41(17-5-1)49-32-34-55-57(39-49)60(54-29-13-12-28-53(54)59(55)51-26-14-24-46(37-51)48-31-30-42-18-10-11-23-45(42)36-48)52-27-15-25-47(38-52)50-33-35-56-58(40-50)63-62(44-21-8-3-9-22-44)61(56)43-19-6-2-7-20-43/h1-40,61-62H. The van der Waals surface area contributed by atoms with Crippen LogP contribution < -0.4 is 4.74 Å². The molecule has 1 heteroatoms. The van der Waals surface area contributed by atoms with Gasteiger partial charge in [-0.05, 0) is 129 Å². The molecule has 0 amide bonds. The van der Waals surface area contributed by atoms with E-state index in [1.165, 1.54) is 93.5 Å². The van der Waals surface area contributed by atoms with Gasteiger partial charge in [-0.15, -0.1) is 0 Å². The summed E-state index contributed by atoms with van der Waals surface area (Å²) in [7, 11) is 0. The lowest BCUT2D eigenvalue weighted by Gasteiger charge is -2.20. The number of fused-ring (bicyclic) bond motifs is 4. The van der Waals surface area contributed by atoms with E-state index >= 15 is 0 Å². The molecule has 0 bridgehead atoms. The summed E-state index contributed by atoms with van der Waals surface area (Å²) in [5, 5.41) is 7.42. The van der Waals surface area contributed by atoms with E-state index in [4.69, 9.17) is 4.74 Å². The first kappa shape index (κ1) is 36.8. The van der Waals surface area contributed by atoms with Crippen LogP contribution in [0.5, 0.6) is 5.75 Å². The van der Waals surface area contributed by atoms with Crippen molar-refractivity contribution >= 4 is 32.3 Å². The lowest BCUT2D eigenvalue weighted by Crippen LogP contribution is -2.11. The van der Waals surface area contributed by atoms with Crippen LogP contribution >= 0.6 is 0 Å². The Morgan fingerprint density at radius 1 is 0.270 bits per heavy atom. The third-order valence-corrected chi connectivity index (χ3v) is 13.0. The van der Waals surface area contributed by atoms with Gasteiger partial charge in [-0.25, -0.2) is 0 Å². The van der Waals surface area contributed by atoms with Gasteiger partial charge in [0.05, 0.1) is 5.92 Å². The van der Waals surface area contributed by atoms with Gasteiger partial charge >= 0.3 is 0 Å². The number of benzene rings is 11. The van der Waals surface area contributed by atoms with Gasteiger partial charge in [0, 0.05) is 5.56 Å². The number of hydrogen-bond donors (Lipinski definition) is 0. The Hall–Kier alpha value is -8.00. The molecular weight excluding hydrogens is 761 g/mol. The van der Waals surface area contributed by atoms with Crippen molar-refractivity contribution in [1.82, 2.24) is 0 Å². The maximum atomic E-state index is 6.92. The molecule has 1 aliphatic heterocycles. The normalized spacial score (nSPS) is 14.5. The number of ether oxygens (including phenoxy) is 1. The Morgan fingerprint density at radius 3 is 1.44 bits per heavy atom. The smallest absolute Gasteiger partial charge is 0.135 e. The zero-order chi connectivity index (χ0) is 41.7. The van der Waals surface area contributed by atoms with Gasteiger partial charge in [-0.3, -0.25) is 0 Å². The van der Waals surface area contributed by atoms with E-state index in [0.29, 0.717) is 0 Å². The molecule has 11 aromatic rings.